The van der Waals surface area contributed by atoms with E-state index in [0.717, 1.165) is 0 Å². The lowest BCUT2D eigenvalue weighted by atomic mass is 10.1. The van der Waals surface area contributed by atoms with E-state index in [1.54, 1.807) is 18.2 Å². The molecule has 0 aliphatic carbocycles. The quantitative estimate of drug-likeness (QED) is 0.722. The van der Waals surface area contributed by atoms with E-state index in [1.165, 1.54) is 13.0 Å². The van der Waals surface area contributed by atoms with Crippen molar-refractivity contribution in [3.63, 3.8) is 0 Å². The first-order chi connectivity index (χ1) is 9.43. The van der Waals surface area contributed by atoms with E-state index >= 15 is 0 Å². The average Bonchev–Trinajstić information content (AvgIpc) is 2.42. The zero-order chi connectivity index (χ0) is 15.1. The molecule has 0 aromatic heterocycles. The predicted octanol–water partition coefficient (Wildman–Crippen LogP) is 0.807. The van der Waals surface area contributed by atoms with Crippen LogP contribution >= 0.6 is 0 Å². The number of ether oxygens (including phenoxy) is 1. The molecule has 1 amide bonds. The highest BCUT2D eigenvalue weighted by molar-refractivity contribution is 5.94. The molecule has 2 N–H and O–H groups in total. The Hall–Kier alpha value is -2.44. The summed E-state index contributed by atoms with van der Waals surface area (Å²) in [7, 11) is 0. The van der Waals surface area contributed by atoms with Gasteiger partial charge in [-0.25, -0.2) is 9.18 Å². The number of hydrogen-bond donors (Lipinski definition) is 2. The zero-order valence-electron chi connectivity index (χ0n) is 10.8. The Bertz CT molecular complexity index is 517. The Balaban J connectivity index is 2.54. The summed E-state index contributed by atoms with van der Waals surface area (Å²) in [6, 6.07) is 4.60. The molecule has 1 aromatic rings. The van der Waals surface area contributed by atoms with Crippen LogP contribution in [-0.4, -0.2) is 42.1 Å². The maximum Gasteiger partial charge on any atom is 0.328 e. The number of alkyl halides is 1. The van der Waals surface area contributed by atoms with Crippen molar-refractivity contribution in [2.45, 2.75) is 13.0 Å². The molecule has 1 atom stereocenters. The number of halogens is 1. The summed E-state index contributed by atoms with van der Waals surface area (Å²) >= 11 is 0. The van der Waals surface area contributed by atoms with Crippen LogP contribution in [0.15, 0.2) is 24.3 Å². The van der Waals surface area contributed by atoms with Gasteiger partial charge in [-0.05, 0) is 19.1 Å². The third-order valence-corrected chi connectivity index (χ3v) is 2.40. The van der Waals surface area contributed by atoms with Crippen molar-refractivity contribution in [1.29, 1.82) is 0 Å². The first-order valence-corrected chi connectivity index (χ1v) is 5.76. The molecule has 0 spiro atoms. The molecule has 1 unspecified atom stereocenters. The molecule has 0 heterocycles. The van der Waals surface area contributed by atoms with E-state index in [9.17, 15) is 18.8 Å². The van der Waals surface area contributed by atoms with Gasteiger partial charge in [0, 0.05) is 5.56 Å². The molecular weight excluding hydrogens is 269 g/mol. The second-order valence-electron chi connectivity index (χ2n) is 3.99. The number of ketones is 1. The summed E-state index contributed by atoms with van der Waals surface area (Å²) in [5, 5.41) is 10.5. The van der Waals surface area contributed by atoms with Crippen LogP contribution in [0.3, 0.4) is 0 Å². The number of benzene rings is 1. The summed E-state index contributed by atoms with van der Waals surface area (Å²) < 4.78 is 17.4. The Morgan fingerprint density at radius 2 is 2.10 bits per heavy atom. The van der Waals surface area contributed by atoms with Crippen molar-refractivity contribution < 1.29 is 28.6 Å². The molecule has 108 valence electrons. The summed E-state index contributed by atoms with van der Waals surface area (Å²) in [4.78, 5) is 33.1. The molecule has 0 saturated carbocycles. The number of nitrogens with one attached hydrogen (secondary N) is 1. The second kappa shape index (κ2) is 7.22. The average molecular weight is 283 g/mol. The van der Waals surface area contributed by atoms with E-state index in [2.05, 4.69) is 0 Å². The monoisotopic (exact) mass is 283 g/mol. The van der Waals surface area contributed by atoms with Gasteiger partial charge in [-0.3, -0.25) is 9.59 Å². The maximum atomic E-state index is 12.3. The molecule has 0 bridgehead atoms. The number of carboxylic acid groups (broad SMARTS) is 1. The highest BCUT2D eigenvalue weighted by Crippen LogP contribution is 2.13. The number of rotatable bonds is 7. The van der Waals surface area contributed by atoms with Gasteiger partial charge in [-0.15, -0.1) is 0 Å². The van der Waals surface area contributed by atoms with Gasteiger partial charge in [0.1, 0.15) is 12.4 Å². The molecule has 7 heteroatoms. The number of carbonyl (C=O) groups is 3. The minimum Gasteiger partial charge on any atom is -0.484 e. The predicted molar refractivity (Wildman–Crippen MR) is 67.5 cm³/mol. The third-order valence-electron chi connectivity index (χ3n) is 2.40. The Morgan fingerprint density at radius 1 is 1.40 bits per heavy atom. The van der Waals surface area contributed by atoms with E-state index in [1.807, 2.05) is 5.32 Å². The molecule has 0 fully saturated rings. The van der Waals surface area contributed by atoms with Crippen LogP contribution < -0.4 is 10.1 Å². The molecule has 0 aliphatic heterocycles. The fourth-order valence-electron chi connectivity index (χ4n) is 1.36. The summed E-state index contributed by atoms with van der Waals surface area (Å²) in [5.41, 5.74) is 0.426. The van der Waals surface area contributed by atoms with E-state index in [-0.39, 0.29) is 5.78 Å². The lowest BCUT2D eigenvalue weighted by molar-refractivity contribution is -0.142. The van der Waals surface area contributed by atoms with Crippen LogP contribution in [0.5, 0.6) is 5.75 Å². The molecule has 6 nitrogen and oxygen atoms in total. The van der Waals surface area contributed by atoms with Crippen LogP contribution in [0.2, 0.25) is 0 Å². The van der Waals surface area contributed by atoms with Gasteiger partial charge in [-0.1, -0.05) is 12.1 Å². The fraction of sp³-hybridized carbons (Fsp3) is 0.308. The summed E-state index contributed by atoms with van der Waals surface area (Å²) in [6.07, 6.45) is 0. The van der Waals surface area contributed by atoms with E-state index in [0.29, 0.717) is 11.3 Å². The summed E-state index contributed by atoms with van der Waals surface area (Å²) in [6.45, 7) is -0.281. The molecule has 0 aliphatic rings. The lowest BCUT2D eigenvalue weighted by Gasteiger charge is -2.11. The molecule has 1 rings (SSSR count). The van der Waals surface area contributed by atoms with E-state index < -0.39 is 31.2 Å². The van der Waals surface area contributed by atoms with Crippen molar-refractivity contribution in [3.05, 3.63) is 29.8 Å². The van der Waals surface area contributed by atoms with Crippen LogP contribution in [-0.2, 0) is 9.59 Å². The third kappa shape index (κ3) is 4.68. The smallest absolute Gasteiger partial charge is 0.328 e. The van der Waals surface area contributed by atoms with Gasteiger partial charge >= 0.3 is 5.97 Å². The van der Waals surface area contributed by atoms with Crippen molar-refractivity contribution in [2.24, 2.45) is 0 Å². The first-order valence-electron chi connectivity index (χ1n) is 5.76. The van der Waals surface area contributed by atoms with Crippen molar-refractivity contribution in [3.8, 4) is 5.75 Å². The molecular formula is C13H14FNO5. The number of aliphatic carboxylic acids is 1. The zero-order valence-corrected chi connectivity index (χ0v) is 10.8. The minimum atomic E-state index is -1.59. The van der Waals surface area contributed by atoms with Crippen molar-refractivity contribution in [1.82, 2.24) is 5.32 Å². The van der Waals surface area contributed by atoms with Crippen LogP contribution in [0.25, 0.3) is 0 Å². The van der Waals surface area contributed by atoms with Gasteiger partial charge in [0.05, 0.1) is 0 Å². The number of carboxylic acids is 1. The Kier molecular flexibility index (Phi) is 5.64. The highest BCUT2D eigenvalue weighted by atomic mass is 19.1. The van der Waals surface area contributed by atoms with Gasteiger partial charge in [0.25, 0.3) is 5.91 Å². The van der Waals surface area contributed by atoms with E-state index in [4.69, 9.17) is 9.84 Å². The maximum absolute atomic E-state index is 12.3. The Morgan fingerprint density at radius 3 is 2.65 bits per heavy atom. The molecule has 1 aromatic carbocycles. The van der Waals surface area contributed by atoms with Crippen molar-refractivity contribution in [2.75, 3.05) is 13.3 Å². The summed E-state index contributed by atoms with van der Waals surface area (Å²) in [5.74, 6) is -2.08. The molecule has 20 heavy (non-hydrogen) atoms. The molecule has 0 radical (unpaired) electrons. The lowest BCUT2D eigenvalue weighted by Crippen LogP contribution is -2.44. The molecule has 0 saturated heterocycles. The fourth-order valence-corrected chi connectivity index (χ4v) is 1.36. The SMILES string of the molecule is CC(=O)c1cccc(OCC(=O)NC(CF)C(=O)O)c1. The largest absolute Gasteiger partial charge is 0.484 e. The number of amides is 1. The Labute approximate surface area is 114 Å². The standard InChI is InChI=1S/C13H14FNO5/c1-8(16)9-3-2-4-10(5-9)20-7-12(17)15-11(6-14)13(18)19/h2-5,11H,6-7H2,1H3,(H,15,17)(H,18,19). The van der Waals surface area contributed by atoms with Gasteiger partial charge in [0.2, 0.25) is 0 Å². The number of Topliss-reactive ketones (excluding diaryl/α,β-unsaturated/α-hetero) is 1. The number of hydrogen-bond acceptors (Lipinski definition) is 4. The van der Waals surface area contributed by atoms with Gasteiger partial charge < -0.3 is 15.2 Å². The van der Waals surface area contributed by atoms with Gasteiger partial charge in [-0.2, -0.15) is 0 Å². The normalized spacial score (nSPS) is 11.5. The van der Waals surface area contributed by atoms with Crippen molar-refractivity contribution >= 4 is 17.7 Å². The first kappa shape index (κ1) is 15.6. The minimum absolute atomic E-state index is 0.150. The topological polar surface area (TPSA) is 92.7 Å². The van der Waals surface area contributed by atoms with Crippen LogP contribution in [0.4, 0.5) is 4.39 Å². The van der Waals surface area contributed by atoms with Gasteiger partial charge in [0.15, 0.2) is 18.4 Å². The number of carbonyl (C=O) groups excluding carboxylic acids is 2. The van der Waals surface area contributed by atoms with Crippen LogP contribution in [0.1, 0.15) is 17.3 Å². The van der Waals surface area contributed by atoms with Crippen LogP contribution in [0, 0.1) is 0 Å². The highest BCUT2D eigenvalue weighted by Gasteiger charge is 2.19. The second-order valence-corrected chi connectivity index (χ2v) is 3.99.